The summed E-state index contributed by atoms with van der Waals surface area (Å²) in [5, 5.41) is 2.49. The SMILES string of the molecule is CC(C)(CNC(=O)c1ccc(Br)cc1F)C(N)=O. The molecule has 3 N–H and O–H groups in total. The summed E-state index contributed by atoms with van der Waals surface area (Å²) in [6.45, 7) is 3.26. The lowest BCUT2D eigenvalue weighted by atomic mass is 9.92. The standard InChI is InChI=1S/C12H14BrFN2O2/c1-12(2,11(15)18)6-16-10(17)8-4-3-7(13)5-9(8)14/h3-5H,6H2,1-2H3,(H2,15,18)(H,16,17). The highest BCUT2D eigenvalue weighted by atomic mass is 79.9. The van der Waals surface area contributed by atoms with E-state index in [1.165, 1.54) is 12.1 Å². The molecular weight excluding hydrogens is 303 g/mol. The Hall–Kier alpha value is -1.43. The fourth-order valence-corrected chi connectivity index (χ4v) is 1.49. The van der Waals surface area contributed by atoms with Crippen LogP contribution in [0.5, 0.6) is 0 Å². The quantitative estimate of drug-likeness (QED) is 0.889. The second-order valence-electron chi connectivity index (χ2n) is 4.55. The average Bonchev–Trinajstić information content (AvgIpc) is 2.25. The molecule has 0 aliphatic rings. The molecule has 2 amide bonds. The third-order valence-corrected chi connectivity index (χ3v) is 3.03. The van der Waals surface area contributed by atoms with Crippen molar-refractivity contribution in [2.75, 3.05) is 6.54 Å². The number of carbonyl (C=O) groups excluding carboxylic acids is 2. The number of amides is 2. The van der Waals surface area contributed by atoms with Crippen LogP contribution < -0.4 is 11.1 Å². The molecule has 4 nitrogen and oxygen atoms in total. The fourth-order valence-electron chi connectivity index (χ4n) is 1.16. The third kappa shape index (κ3) is 3.53. The Morgan fingerprint density at radius 3 is 2.56 bits per heavy atom. The average molecular weight is 317 g/mol. The van der Waals surface area contributed by atoms with E-state index < -0.39 is 23.0 Å². The van der Waals surface area contributed by atoms with Crippen LogP contribution in [0.1, 0.15) is 24.2 Å². The van der Waals surface area contributed by atoms with Crippen LogP contribution in [0.4, 0.5) is 4.39 Å². The van der Waals surface area contributed by atoms with Crippen molar-refractivity contribution in [2.45, 2.75) is 13.8 Å². The van der Waals surface area contributed by atoms with Crippen molar-refractivity contribution in [2.24, 2.45) is 11.1 Å². The number of carbonyl (C=O) groups is 2. The first-order valence-electron chi connectivity index (χ1n) is 5.27. The molecule has 0 spiro atoms. The number of primary amides is 1. The van der Waals surface area contributed by atoms with E-state index in [0.717, 1.165) is 0 Å². The van der Waals surface area contributed by atoms with Gasteiger partial charge in [0.2, 0.25) is 5.91 Å². The number of rotatable bonds is 4. The van der Waals surface area contributed by atoms with Crippen LogP contribution in [0, 0.1) is 11.2 Å². The lowest BCUT2D eigenvalue weighted by Gasteiger charge is -2.20. The van der Waals surface area contributed by atoms with E-state index in [2.05, 4.69) is 21.2 Å². The highest BCUT2D eigenvalue weighted by Crippen LogP contribution is 2.16. The molecule has 1 rings (SSSR count). The first-order chi connectivity index (χ1) is 8.24. The molecule has 0 aliphatic carbocycles. The van der Waals surface area contributed by atoms with Crippen LogP contribution in [0.3, 0.4) is 0 Å². The van der Waals surface area contributed by atoms with Gasteiger partial charge in [-0.05, 0) is 32.0 Å². The molecule has 1 aromatic rings. The molecule has 0 radical (unpaired) electrons. The van der Waals surface area contributed by atoms with Gasteiger partial charge in [0.1, 0.15) is 5.82 Å². The van der Waals surface area contributed by atoms with Crippen molar-refractivity contribution in [1.29, 1.82) is 0 Å². The molecule has 0 heterocycles. The van der Waals surface area contributed by atoms with Crippen molar-refractivity contribution in [1.82, 2.24) is 5.32 Å². The van der Waals surface area contributed by atoms with E-state index in [4.69, 9.17) is 5.73 Å². The minimum absolute atomic E-state index is 0.0523. The van der Waals surface area contributed by atoms with E-state index in [-0.39, 0.29) is 12.1 Å². The summed E-state index contributed by atoms with van der Waals surface area (Å²) in [5.41, 5.74) is 4.23. The summed E-state index contributed by atoms with van der Waals surface area (Å²) in [6, 6.07) is 4.14. The summed E-state index contributed by atoms with van der Waals surface area (Å²) in [7, 11) is 0. The zero-order valence-corrected chi connectivity index (χ0v) is 11.7. The molecule has 0 aliphatic heterocycles. The van der Waals surface area contributed by atoms with Gasteiger partial charge in [-0.1, -0.05) is 15.9 Å². The van der Waals surface area contributed by atoms with Gasteiger partial charge in [-0.3, -0.25) is 9.59 Å². The fraction of sp³-hybridized carbons (Fsp3) is 0.333. The highest BCUT2D eigenvalue weighted by Gasteiger charge is 2.26. The predicted octanol–water partition coefficient (Wildman–Crippen LogP) is 1.83. The molecule has 98 valence electrons. The Labute approximate surface area is 113 Å². The smallest absolute Gasteiger partial charge is 0.254 e. The van der Waals surface area contributed by atoms with E-state index in [1.54, 1.807) is 19.9 Å². The van der Waals surface area contributed by atoms with Gasteiger partial charge in [-0.2, -0.15) is 0 Å². The second-order valence-corrected chi connectivity index (χ2v) is 5.47. The number of halogens is 2. The molecule has 0 atom stereocenters. The molecule has 1 aromatic carbocycles. The van der Waals surface area contributed by atoms with E-state index in [0.29, 0.717) is 4.47 Å². The molecule has 6 heteroatoms. The normalized spacial score (nSPS) is 11.1. The minimum Gasteiger partial charge on any atom is -0.369 e. The summed E-state index contributed by atoms with van der Waals surface area (Å²) in [4.78, 5) is 22.8. The zero-order chi connectivity index (χ0) is 13.9. The van der Waals surface area contributed by atoms with Gasteiger partial charge in [0.25, 0.3) is 5.91 Å². The van der Waals surface area contributed by atoms with Crippen molar-refractivity contribution >= 4 is 27.7 Å². The van der Waals surface area contributed by atoms with Crippen LogP contribution in [0.15, 0.2) is 22.7 Å². The van der Waals surface area contributed by atoms with Gasteiger partial charge >= 0.3 is 0 Å². The molecule has 0 saturated carbocycles. The topological polar surface area (TPSA) is 72.2 Å². The van der Waals surface area contributed by atoms with Crippen LogP contribution in [-0.2, 0) is 4.79 Å². The molecule has 0 unspecified atom stereocenters. The van der Waals surface area contributed by atoms with Gasteiger partial charge in [-0.25, -0.2) is 4.39 Å². The van der Waals surface area contributed by atoms with Gasteiger partial charge in [0.15, 0.2) is 0 Å². The maximum Gasteiger partial charge on any atom is 0.254 e. The lowest BCUT2D eigenvalue weighted by molar-refractivity contribution is -0.125. The van der Waals surface area contributed by atoms with Crippen molar-refractivity contribution in [3.8, 4) is 0 Å². The van der Waals surface area contributed by atoms with Crippen LogP contribution in [0.25, 0.3) is 0 Å². The van der Waals surface area contributed by atoms with Crippen molar-refractivity contribution in [3.05, 3.63) is 34.1 Å². The number of nitrogens with one attached hydrogen (secondary N) is 1. The third-order valence-electron chi connectivity index (χ3n) is 2.53. The van der Waals surface area contributed by atoms with Crippen LogP contribution in [0.2, 0.25) is 0 Å². The Bertz CT molecular complexity index is 489. The van der Waals surface area contributed by atoms with Gasteiger partial charge in [-0.15, -0.1) is 0 Å². The summed E-state index contributed by atoms with van der Waals surface area (Å²) in [6.07, 6.45) is 0. The number of hydrogen-bond donors (Lipinski definition) is 2. The Morgan fingerprint density at radius 1 is 1.44 bits per heavy atom. The summed E-state index contributed by atoms with van der Waals surface area (Å²) in [5.74, 6) is -1.73. The van der Waals surface area contributed by atoms with E-state index in [9.17, 15) is 14.0 Å². The van der Waals surface area contributed by atoms with Gasteiger partial charge in [0, 0.05) is 11.0 Å². The van der Waals surface area contributed by atoms with Gasteiger partial charge < -0.3 is 11.1 Å². The van der Waals surface area contributed by atoms with E-state index in [1.807, 2.05) is 0 Å². The number of benzene rings is 1. The second kappa shape index (κ2) is 5.48. The molecule has 0 aromatic heterocycles. The minimum atomic E-state index is -0.874. The Kier molecular flexibility index (Phi) is 4.45. The summed E-state index contributed by atoms with van der Waals surface area (Å²) < 4.78 is 14.0. The lowest BCUT2D eigenvalue weighted by Crippen LogP contribution is -2.42. The monoisotopic (exact) mass is 316 g/mol. The zero-order valence-electron chi connectivity index (χ0n) is 10.1. The Balaban J connectivity index is 2.75. The van der Waals surface area contributed by atoms with Crippen LogP contribution in [-0.4, -0.2) is 18.4 Å². The van der Waals surface area contributed by atoms with Crippen molar-refractivity contribution in [3.63, 3.8) is 0 Å². The molecule has 0 fully saturated rings. The van der Waals surface area contributed by atoms with Crippen LogP contribution >= 0.6 is 15.9 Å². The Morgan fingerprint density at radius 2 is 2.06 bits per heavy atom. The molecular formula is C12H14BrFN2O2. The van der Waals surface area contributed by atoms with E-state index >= 15 is 0 Å². The maximum atomic E-state index is 13.5. The first-order valence-corrected chi connectivity index (χ1v) is 6.06. The highest BCUT2D eigenvalue weighted by molar-refractivity contribution is 9.10. The molecule has 0 bridgehead atoms. The first kappa shape index (κ1) is 14.6. The number of nitrogens with two attached hydrogens (primary N) is 1. The molecule has 18 heavy (non-hydrogen) atoms. The predicted molar refractivity (Wildman–Crippen MR) is 69.4 cm³/mol. The number of hydrogen-bond acceptors (Lipinski definition) is 2. The summed E-state index contributed by atoms with van der Waals surface area (Å²) >= 11 is 3.10. The maximum absolute atomic E-state index is 13.5. The van der Waals surface area contributed by atoms with Crippen molar-refractivity contribution < 1.29 is 14.0 Å². The molecule has 0 saturated heterocycles. The van der Waals surface area contributed by atoms with Gasteiger partial charge in [0.05, 0.1) is 11.0 Å². The largest absolute Gasteiger partial charge is 0.369 e.